The van der Waals surface area contributed by atoms with Gasteiger partial charge in [-0.25, -0.2) is 0 Å². The van der Waals surface area contributed by atoms with Gasteiger partial charge >= 0.3 is 0 Å². The molecule has 0 bridgehead atoms. The van der Waals surface area contributed by atoms with Crippen LogP contribution in [0, 0.1) is 12.3 Å². The van der Waals surface area contributed by atoms with E-state index in [1.807, 2.05) is 29.2 Å². The molecule has 8 heteroatoms. The number of hydrogen-bond acceptors (Lipinski definition) is 6. The highest BCUT2D eigenvalue weighted by Crippen LogP contribution is 2.29. The Labute approximate surface area is 164 Å². The molecule has 1 saturated heterocycles. The molecule has 142 valence electrons. The first kappa shape index (κ1) is 20.7. The van der Waals surface area contributed by atoms with Gasteiger partial charge in [0.05, 0.1) is 5.75 Å². The summed E-state index contributed by atoms with van der Waals surface area (Å²) >= 11 is 1.61. The summed E-state index contributed by atoms with van der Waals surface area (Å²) in [6, 6.07) is 7.82. The van der Waals surface area contributed by atoms with Crippen LogP contribution in [0.3, 0.4) is 0 Å². The van der Waals surface area contributed by atoms with E-state index in [1.54, 1.807) is 18.7 Å². The summed E-state index contributed by atoms with van der Waals surface area (Å²) in [5, 5.41) is 3.78. The highest BCUT2D eigenvalue weighted by Gasteiger charge is 2.35. The van der Waals surface area contributed by atoms with Crippen LogP contribution in [-0.4, -0.2) is 40.1 Å². The lowest BCUT2D eigenvalue weighted by atomic mass is 9.79. The van der Waals surface area contributed by atoms with E-state index in [1.165, 1.54) is 0 Å². The van der Waals surface area contributed by atoms with Crippen LogP contribution in [0.15, 0.2) is 33.7 Å². The van der Waals surface area contributed by atoms with E-state index in [0.29, 0.717) is 29.6 Å². The molecule has 1 aliphatic heterocycles. The summed E-state index contributed by atoms with van der Waals surface area (Å²) in [5.74, 6) is 1.94. The van der Waals surface area contributed by atoms with Gasteiger partial charge in [-0.2, -0.15) is 4.98 Å². The molecule has 1 aromatic carbocycles. The van der Waals surface area contributed by atoms with Gasteiger partial charge < -0.3 is 15.2 Å². The maximum Gasteiger partial charge on any atom is 0.253 e. The van der Waals surface area contributed by atoms with E-state index in [9.17, 15) is 4.79 Å². The van der Waals surface area contributed by atoms with Crippen molar-refractivity contribution in [2.75, 3.05) is 13.1 Å². The zero-order valence-corrected chi connectivity index (χ0v) is 16.9. The van der Waals surface area contributed by atoms with Crippen LogP contribution in [0.1, 0.15) is 42.3 Å². The van der Waals surface area contributed by atoms with Crippen molar-refractivity contribution in [3.63, 3.8) is 0 Å². The Balaban J connectivity index is 0.00000243. The van der Waals surface area contributed by atoms with Gasteiger partial charge in [0.25, 0.3) is 5.91 Å². The fourth-order valence-corrected chi connectivity index (χ4v) is 3.70. The third-order valence-electron chi connectivity index (χ3n) is 4.63. The molecule has 1 fully saturated rings. The number of benzene rings is 1. The second kappa shape index (κ2) is 8.41. The molecular formula is C18H25ClN4O2S. The Morgan fingerprint density at radius 3 is 2.65 bits per heavy atom. The summed E-state index contributed by atoms with van der Waals surface area (Å²) in [5.41, 5.74) is 6.82. The zero-order chi connectivity index (χ0) is 18.0. The van der Waals surface area contributed by atoms with Crippen molar-refractivity contribution in [2.45, 2.75) is 43.9 Å². The van der Waals surface area contributed by atoms with Crippen LogP contribution in [-0.2, 0) is 5.75 Å². The van der Waals surface area contributed by atoms with Crippen LogP contribution < -0.4 is 5.73 Å². The molecule has 0 spiro atoms. The highest BCUT2D eigenvalue weighted by molar-refractivity contribution is 7.98. The topological polar surface area (TPSA) is 85.2 Å². The van der Waals surface area contributed by atoms with Crippen molar-refractivity contribution in [3.8, 4) is 0 Å². The molecule has 0 saturated carbocycles. The molecule has 0 radical (unpaired) electrons. The lowest BCUT2D eigenvalue weighted by Gasteiger charge is -2.42. The number of nitrogens with zero attached hydrogens (tertiary/aromatic N) is 3. The van der Waals surface area contributed by atoms with Crippen LogP contribution in [0.5, 0.6) is 0 Å². The number of piperidine rings is 1. The minimum atomic E-state index is -0.0497. The van der Waals surface area contributed by atoms with Crippen molar-refractivity contribution in [3.05, 3.63) is 41.5 Å². The van der Waals surface area contributed by atoms with Crippen molar-refractivity contribution in [1.29, 1.82) is 0 Å². The highest BCUT2D eigenvalue weighted by atomic mass is 35.5. The molecule has 1 aromatic heterocycles. The van der Waals surface area contributed by atoms with E-state index in [2.05, 4.69) is 24.0 Å². The van der Waals surface area contributed by atoms with Crippen molar-refractivity contribution in [1.82, 2.24) is 15.0 Å². The number of nitrogens with two attached hydrogens (primary N) is 1. The first-order chi connectivity index (χ1) is 11.8. The summed E-state index contributed by atoms with van der Waals surface area (Å²) in [6.07, 6.45) is 0.844. The number of carbonyl (C=O) groups excluding carboxylic acids is 1. The van der Waals surface area contributed by atoms with Crippen LogP contribution in [0.25, 0.3) is 0 Å². The maximum absolute atomic E-state index is 12.7. The molecule has 26 heavy (non-hydrogen) atoms. The minimum Gasteiger partial charge on any atom is -0.338 e. The number of rotatable bonds is 4. The standard InChI is InChI=1S/C18H24N4O2S.ClH/c1-12-20-16(24-21-12)10-25-14-6-4-13(5-7-14)17(23)22-9-8-15(19)18(2,3)11-22;/h4-7,15H,8-11,19H2,1-3H3;1H. The van der Waals surface area contributed by atoms with Crippen molar-refractivity contribution in [2.24, 2.45) is 11.1 Å². The Morgan fingerprint density at radius 1 is 1.38 bits per heavy atom. The fraction of sp³-hybridized carbons (Fsp3) is 0.500. The normalized spacial score (nSPS) is 19.1. The van der Waals surface area contributed by atoms with E-state index in [4.69, 9.17) is 10.3 Å². The fourth-order valence-electron chi connectivity index (χ4n) is 2.97. The Hall–Kier alpha value is -1.57. The van der Waals surface area contributed by atoms with Gasteiger partial charge in [-0.1, -0.05) is 19.0 Å². The first-order valence-corrected chi connectivity index (χ1v) is 9.40. The van der Waals surface area contributed by atoms with E-state index in [-0.39, 0.29) is 29.8 Å². The largest absolute Gasteiger partial charge is 0.338 e. The zero-order valence-electron chi connectivity index (χ0n) is 15.3. The monoisotopic (exact) mass is 396 g/mol. The molecule has 2 heterocycles. The predicted molar refractivity (Wildman–Crippen MR) is 105 cm³/mol. The van der Waals surface area contributed by atoms with Gasteiger partial charge in [-0.05, 0) is 43.0 Å². The van der Waals surface area contributed by atoms with E-state index < -0.39 is 0 Å². The lowest BCUT2D eigenvalue weighted by Crippen LogP contribution is -2.53. The van der Waals surface area contributed by atoms with Gasteiger partial charge in [-0.15, -0.1) is 24.2 Å². The Morgan fingerprint density at radius 2 is 2.08 bits per heavy atom. The third-order valence-corrected chi connectivity index (χ3v) is 5.63. The number of carbonyl (C=O) groups is 1. The van der Waals surface area contributed by atoms with Gasteiger partial charge in [0.2, 0.25) is 5.89 Å². The molecule has 2 N–H and O–H groups in total. The lowest BCUT2D eigenvalue weighted by molar-refractivity contribution is 0.0533. The molecule has 1 atom stereocenters. The average molecular weight is 397 g/mol. The maximum atomic E-state index is 12.7. The molecule has 0 aliphatic carbocycles. The first-order valence-electron chi connectivity index (χ1n) is 8.42. The number of aromatic nitrogens is 2. The summed E-state index contributed by atoms with van der Waals surface area (Å²) in [4.78, 5) is 19.9. The minimum absolute atomic E-state index is 0. The molecule has 1 unspecified atom stereocenters. The van der Waals surface area contributed by atoms with E-state index in [0.717, 1.165) is 17.9 Å². The second-order valence-corrected chi connectivity index (χ2v) is 8.21. The van der Waals surface area contributed by atoms with Crippen LogP contribution in [0.2, 0.25) is 0 Å². The number of aryl methyl sites for hydroxylation is 1. The van der Waals surface area contributed by atoms with Crippen LogP contribution in [0.4, 0.5) is 0 Å². The van der Waals surface area contributed by atoms with Crippen molar-refractivity contribution >= 4 is 30.1 Å². The summed E-state index contributed by atoms with van der Waals surface area (Å²) < 4.78 is 5.10. The number of halogens is 1. The van der Waals surface area contributed by atoms with Crippen molar-refractivity contribution < 1.29 is 9.32 Å². The third kappa shape index (κ3) is 4.78. The molecule has 1 amide bonds. The second-order valence-electron chi connectivity index (χ2n) is 7.16. The number of thioether (sulfide) groups is 1. The number of likely N-dealkylation sites (tertiary alicyclic amines) is 1. The molecule has 1 aliphatic rings. The number of hydrogen-bond donors (Lipinski definition) is 1. The SMILES string of the molecule is Cc1noc(CSc2ccc(C(=O)N3CCC(N)C(C)(C)C3)cc2)n1.Cl. The quantitative estimate of drug-likeness (QED) is 0.798. The Kier molecular flexibility index (Phi) is 6.71. The molecule has 2 aromatic rings. The van der Waals surface area contributed by atoms with Gasteiger partial charge in [0.15, 0.2) is 5.82 Å². The van der Waals surface area contributed by atoms with Gasteiger partial charge in [0.1, 0.15) is 0 Å². The molecule has 6 nitrogen and oxygen atoms in total. The average Bonchev–Trinajstić information content (AvgIpc) is 3.01. The van der Waals surface area contributed by atoms with Gasteiger partial charge in [0, 0.05) is 29.6 Å². The van der Waals surface area contributed by atoms with Gasteiger partial charge in [-0.3, -0.25) is 4.79 Å². The number of amides is 1. The van der Waals surface area contributed by atoms with Crippen LogP contribution >= 0.6 is 24.2 Å². The molecule has 3 rings (SSSR count). The van der Waals surface area contributed by atoms with E-state index >= 15 is 0 Å². The summed E-state index contributed by atoms with van der Waals surface area (Å²) in [7, 11) is 0. The summed E-state index contributed by atoms with van der Waals surface area (Å²) in [6.45, 7) is 7.45. The Bertz CT molecular complexity index is 748. The predicted octanol–water partition coefficient (Wildman–Crippen LogP) is 3.29. The smallest absolute Gasteiger partial charge is 0.253 e. The molecular weight excluding hydrogens is 372 g/mol.